The lowest BCUT2D eigenvalue weighted by Crippen LogP contribution is -2.21. The van der Waals surface area contributed by atoms with E-state index < -0.39 is 0 Å². The first-order chi connectivity index (χ1) is 7.29. The lowest BCUT2D eigenvalue weighted by atomic mass is 10.3. The fraction of sp³-hybridized carbons (Fsp3) is 0.462. The third kappa shape index (κ3) is 5.89. The molecule has 0 aliphatic carbocycles. The molecule has 0 heterocycles. The van der Waals surface area contributed by atoms with Crippen LogP contribution in [0.1, 0.15) is 27.2 Å². The van der Waals surface area contributed by atoms with E-state index in [-0.39, 0.29) is 0 Å². The average molecular weight is 207 g/mol. The SMILES string of the molecule is CCC=O.CCN(CC)c1ccccc1. The summed E-state index contributed by atoms with van der Waals surface area (Å²) >= 11 is 0. The predicted molar refractivity (Wildman–Crippen MR) is 66.4 cm³/mol. The average Bonchev–Trinajstić information content (AvgIpc) is 2.32. The van der Waals surface area contributed by atoms with E-state index in [1.165, 1.54) is 5.69 Å². The highest BCUT2D eigenvalue weighted by Gasteiger charge is 1.97. The lowest BCUT2D eigenvalue weighted by Gasteiger charge is -2.20. The molecule has 0 saturated carbocycles. The van der Waals surface area contributed by atoms with E-state index in [1.807, 2.05) is 13.0 Å². The van der Waals surface area contributed by atoms with Crippen LogP contribution in [0.4, 0.5) is 5.69 Å². The maximum absolute atomic E-state index is 9.17. The molecule has 0 fully saturated rings. The topological polar surface area (TPSA) is 20.3 Å². The van der Waals surface area contributed by atoms with E-state index >= 15 is 0 Å². The van der Waals surface area contributed by atoms with Gasteiger partial charge in [-0.25, -0.2) is 0 Å². The monoisotopic (exact) mass is 207 g/mol. The summed E-state index contributed by atoms with van der Waals surface area (Å²) in [6.45, 7) is 8.33. The Morgan fingerprint density at radius 1 is 1.07 bits per heavy atom. The molecule has 84 valence electrons. The minimum Gasteiger partial charge on any atom is -0.372 e. The van der Waals surface area contributed by atoms with Crippen LogP contribution >= 0.6 is 0 Å². The van der Waals surface area contributed by atoms with Gasteiger partial charge in [0, 0.05) is 25.2 Å². The Hall–Kier alpha value is -1.31. The molecule has 1 aromatic rings. The Kier molecular flexibility index (Phi) is 8.44. The number of carbonyl (C=O) groups is 1. The summed E-state index contributed by atoms with van der Waals surface area (Å²) in [6.07, 6.45) is 1.51. The number of nitrogens with zero attached hydrogens (tertiary/aromatic N) is 1. The van der Waals surface area contributed by atoms with Crippen molar-refractivity contribution in [2.45, 2.75) is 27.2 Å². The molecule has 0 N–H and O–H groups in total. The summed E-state index contributed by atoms with van der Waals surface area (Å²) in [4.78, 5) is 11.5. The van der Waals surface area contributed by atoms with Crippen molar-refractivity contribution in [2.24, 2.45) is 0 Å². The first kappa shape index (κ1) is 13.7. The minimum absolute atomic E-state index is 0.639. The van der Waals surface area contributed by atoms with E-state index in [9.17, 15) is 4.79 Å². The van der Waals surface area contributed by atoms with Crippen LogP contribution in [0.15, 0.2) is 30.3 Å². The zero-order chi connectivity index (χ0) is 11.5. The Morgan fingerprint density at radius 2 is 1.53 bits per heavy atom. The van der Waals surface area contributed by atoms with Crippen molar-refractivity contribution in [2.75, 3.05) is 18.0 Å². The fourth-order valence-electron chi connectivity index (χ4n) is 1.23. The number of hydrogen-bond acceptors (Lipinski definition) is 2. The number of hydrogen-bond donors (Lipinski definition) is 0. The standard InChI is InChI=1S/C10H15N.C3H6O/c1-3-11(4-2)10-8-6-5-7-9-10;1-2-3-4/h5-9H,3-4H2,1-2H3;3H,2H2,1H3. The van der Waals surface area contributed by atoms with Gasteiger partial charge in [0.1, 0.15) is 6.29 Å². The summed E-state index contributed by atoms with van der Waals surface area (Å²) in [5, 5.41) is 0. The van der Waals surface area contributed by atoms with Crippen LogP contribution in [0, 0.1) is 0 Å². The minimum atomic E-state index is 0.639. The highest BCUT2D eigenvalue weighted by atomic mass is 16.1. The molecule has 0 unspecified atom stereocenters. The summed E-state index contributed by atoms with van der Waals surface area (Å²) in [5.74, 6) is 0. The fourth-order valence-corrected chi connectivity index (χ4v) is 1.23. The van der Waals surface area contributed by atoms with Crippen LogP contribution in [-0.2, 0) is 4.79 Å². The molecule has 0 aromatic heterocycles. The Bertz CT molecular complexity index is 242. The van der Waals surface area contributed by atoms with E-state index in [0.29, 0.717) is 6.42 Å². The lowest BCUT2D eigenvalue weighted by molar-refractivity contribution is -0.107. The van der Waals surface area contributed by atoms with Gasteiger partial charge in [0.15, 0.2) is 0 Å². The van der Waals surface area contributed by atoms with Crippen LogP contribution < -0.4 is 4.90 Å². The van der Waals surface area contributed by atoms with Crippen molar-refractivity contribution in [3.63, 3.8) is 0 Å². The molecule has 2 heteroatoms. The van der Waals surface area contributed by atoms with Gasteiger partial charge in [-0.15, -0.1) is 0 Å². The third-order valence-corrected chi connectivity index (χ3v) is 2.05. The number of para-hydroxylation sites is 1. The van der Waals surface area contributed by atoms with Crippen molar-refractivity contribution in [3.05, 3.63) is 30.3 Å². The zero-order valence-electron chi connectivity index (χ0n) is 9.94. The molecule has 2 nitrogen and oxygen atoms in total. The van der Waals surface area contributed by atoms with Gasteiger partial charge in [0.2, 0.25) is 0 Å². The first-order valence-electron chi connectivity index (χ1n) is 5.53. The molecular formula is C13H21NO. The smallest absolute Gasteiger partial charge is 0.119 e. The van der Waals surface area contributed by atoms with Crippen molar-refractivity contribution in [1.82, 2.24) is 0 Å². The van der Waals surface area contributed by atoms with Crippen molar-refractivity contribution >= 4 is 12.0 Å². The normalized spacial score (nSPS) is 8.73. The largest absolute Gasteiger partial charge is 0.372 e. The molecule has 0 saturated heterocycles. The van der Waals surface area contributed by atoms with E-state index in [2.05, 4.69) is 43.0 Å². The molecule has 0 aliphatic rings. The number of aldehydes is 1. The number of anilines is 1. The molecule has 0 bridgehead atoms. The molecule has 0 radical (unpaired) electrons. The quantitative estimate of drug-likeness (QED) is 0.707. The Morgan fingerprint density at radius 3 is 1.87 bits per heavy atom. The maximum Gasteiger partial charge on any atom is 0.119 e. The Balaban J connectivity index is 0.000000423. The van der Waals surface area contributed by atoms with Gasteiger partial charge < -0.3 is 9.69 Å². The number of benzene rings is 1. The van der Waals surface area contributed by atoms with Crippen LogP contribution in [0.25, 0.3) is 0 Å². The molecule has 1 rings (SSSR count). The van der Waals surface area contributed by atoms with Gasteiger partial charge >= 0.3 is 0 Å². The number of carbonyl (C=O) groups excluding carboxylic acids is 1. The second-order valence-corrected chi connectivity index (χ2v) is 3.08. The number of rotatable bonds is 4. The van der Waals surface area contributed by atoms with Crippen LogP contribution in [0.5, 0.6) is 0 Å². The summed E-state index contributed by atoms with van der Waals surface area (Å²) in [6, 6.07) is 10.5. The molecule has 1 aromatic carbocycles. The molecule has 0 atom stereocenters. The predicted octanol–water partition coefficient (Wildman–Crippen LogP) is 3.13. The van der Waals surface area contributed by atoms with Crippen molar-refractivity contribution in [3.8, 4) is 0 Å². The van der Waals surface area contributed by atoms with Crippen LogP contribution in [0.2, 0.25) is 0 Å². The summed E-state index contributed by atoms with van der Waals surface area (Å²) in [7, 11) is 0. The second kappa shape index (κ2) is 9.25. The highest BCUT2D eigenvalue weighted by Crippen LogP contribution is 2.11. The van der Waals surface area contributed by atoms with E-state index in [0.717, 1.165) is 19.4 Å². The van der Waals surface area contributed by atoms with Gasteiger partial charge in [0.05, 0.1) is 0 Å². The first-order valence-corrected chi connectivity index (χ1v) is 5.53. The Labute approximate surface area is 92.9 Å². The van der Waals surface area contributed by atoms with Gasteiger partial charge in [-0.05, 0) is 26.0 Å². The van der Waals surface area contributed by atoms with Crippen LogP contribution in [-0.4, -0.2) is 19.4 Å². The maximum atomic E-state index is 9.17. The third-order valence-electron chi connectivity index (χ3n) is 2.05. The van der Waals surface area contributed by atoms with E-state index in [4.69, 9.17) is 0 Å². The van der Waals surface area contributed by atoms with Gasteiger partial charge in [-0.3, -0.25) is 0 Å². The van der Waals surface area contributed by atoms with Crippen LogP contribution in [0.3, 0.4) is 0 Å². The molecule has 0 amide bonds. The zero-order valence-corrected chi connectivity index (χ0v) is 9.94. The molecular weight excluding hydrogens is 186 g/mol. The molecule has 0 spiro atoms. The molecule has 15 heavy (non-hydrogen) atoms. The van der Waals surface area contributed by atoms with Crippen molar-refractivity contribution < 1.29 is 4.79 Å². The summed E-state index contributed by atoms with van der Waals surface area (Å²) in [5.41, 5.74) is 1.32. The van der Waals surface area contributed by atoms with Gasteiger partial charge in [-0.2, -0.15) is 0 Å². The van der Waals surface area contributed by atoms with Gasteiger partial charge in [-0.1, -0.05) is 25.1 Å². The van der Waals surface area contributed by atoms with Gasteiger partial charge in [0.25, 0.3) is 0 Å². The summed E-state index contributed by atoms with van der Waals surface area (Å²) < 4.78 is 0. The highest BCUT2D eigenvalue weighted by molar-refractivity contribution is 5.48. The van der Waals surface area contributed by atoms with Crippen molar-refractivity contribution in [1.29, 1.82) is 0 Å². The van der Waals surface area contributed by atoms with E-state index in [1.54, 1.807) is 0 Å². The second-order valence-electron chi connectivity index (χ2n) is 3.08. The molecule has 0 aliphatic heterocycles.